The minimum Gasteiger partial charge on any atom is -0.391 e. The van der Waals surface area contributed by atoms with E-state index in [-0.39, 0.29) is 17.1 Å². The molecule has 0 aromatic heterocycles. The quantitative estimate of drug-likeness (QED) is 0.611. The fourth-order valence-electron chi connectivity index (χ4n) is 0.516. The van der Waals surface area contributed by atoms with E-state index < -0.39 is 0 Å². The molecule has 2 aliphatic heterocycles. The molecule has 0 aromatic carbocycles. The summed E-state index contributed by atoms with van der Waals surface area (Å²) in [4.78, 5) is 9.10. The molecular weight excluding hydrogens is 220 g/mol. The van der Waals surface area contributed by atoms with Crippen LogP contribution in [0, 0.1) is 0 Å². The first-order valence-electron chi connectivity index (χ1n) is 3.46. The fourth-order valence-corrected chi connectivity index (χ4v) is 0.516. The molecule has 0 amide bonds. The Bertz CT molecular complexity index is 176. The Hall–Kier alpha value is -1.32. The monoisotopic (exact) mass is 229 g/mol. The van der Waals surface area contributed by atoms with Crippen LogP contribution in [0.15, 0.2) is 49.2 Å². The standard InChI is InChI=1S/2C4H5NO.Cu/c2*1-2-4-6-5-3-1;/h2*1-5H;. The number of allylic oxidation sites excluding steroid dienone is 4. The third kappa shape index (κ3) is 7.05. The molecule has 0 aliphatic carbocycles. The average molecular weight is 230 g/mol. The van der Waals surface area contributed by atoms with Gasteiger partial charge in [0.15, 0.2) is 0 Å². The van der Waals surface area contributed by atoms with Gasteiger partial charge in [-0.25, -0.2) is 11.0 Å². The summed E-state index contributed by atoms with van der Waals surface area (Å²) in [5, 5.41) is 0. The minimum absolute atomic E-state index is 0. The summed E-state index contributed by atoms with van der Waals surface area (Å²) in [6.45, 7) is 0. The zero-order valence-corrected chi connectivity index (χ0v) is 7.68. The van der Waals surface area contributed by atoms with Crippen molar-refractivity contribution in [1.29, 1.82) is 0 Å². The summed E-state index contributed by atoms with van der Waals surface area (Å²) in [6, 6.07) is 0. The van der Waals surface area contributed by atoms with Gasteiger partial charge in [-0.05, 0) is 24.3 Å². The molecule has 0 fully saturated rings. The van der Waals surface area contributed by atoms with E-state index in [4.69, 9.17) is 0 Å². The van der Waals surface area contributed by atoms with Crippen LogP contribution in [-0.2, 0) is 26.7 Å². The van der Waals surface area contributed by atoms with Gasteiger partial charge in [0.25, 0.3) is 0 Å². The zero-order chi connectivity index (χ0) is 8.49. The van der Waals surface area contributed by atoms with Crippen molar-refractivity contribution in [1.82, 2.24) is 11.0 Å². The van der Waals surface area contributed by atoms with Crippen molar-refractivity contribution in [2.45, 2.75) is 0 Å². The number of hydroxylamine groups is 2. The second-order valence-electron chi connectivity index (χ2n) is 1.85. The first kappa shape index (κ1) is 11.7. The van der Waals surface area contributed by atoms with E-state index in [2.05, 4.69) is 20.6 Å². The van der Waals surface area contributed by atoms with Gasteiger partial charge < -0.3 is 9.68 Å². The van der Waals surface area contributed by atoms with E-state index in [0.717, 1.165) is 0 Å². The summed E-state index contributed by atoms with van der Waals surface area (Å²) in [5.41, 5.74) is 5.03. The van der Waals surface area contributed by atoms with Crippen molar-refractivity contribution in [3.05, 3.63) is 49.2 Å². The van der Waals surface area contributed by atoms with Gasteiger partial charge in [0, 0.05) is 29.5 Å². The summed E-state index contributed by atoms with van der Waals surface area (Å²) >= 11 is 0. The maximum Gasteiger partial charge on any atom is 0.119 e. The molecule has 13 heavy (non-hydrogen) atoms. The summed E-state index contributed by atoms with van der Waals surface area (Å²) in [5.74, 6) is 0. The molecule has 1 radical (unpaired) electrons. The molecule has 5 heteroatoms. The molecule has 0 saturated carbocycles. The van der Waals surface area contributed by atoms with Crippen molar-refractivity contribution in [3.63, 3.8) is 0 Å². The predicted octanol–water partition coefficient (Wildman–Crippen LogP) is 1.09. The largest absolute Gasteiger partial charge is 0.391 e. The van der Waals surface area contributed by atoms with Crippen LogP contribution >= 0.6 is 0 Å². The molecule has 4 nitrogen and oxygen atoms in total. The molecule has 2 heterocycles. The van der Waals surface area contributed by atoms with Gasteiger partial charge in [-0.1, -0.05) is 0 Å². The van der Waals surface area contributed by atoms with E-state index in [9.17, 15) is 0 Å². The van der Waals surface area contributed by atoms with Crippen LogP contribution < -0.4 is 11.0 Å². The Morgan fingerprint density at radius 3 is 1.23 bits per heavy atom. The van der Waals surface area contributed by atoms with Gasteiger partial charge in [-0.2, -0.15) is 0 Å². The van der Waals surface area contributed by atoms with Gasteiger partial charge in [-0.3, -0.25) is 0 Å². The van der Waals surface area contributed by atoms with Crippen LogP contribution in [0.25, 0.3) is 0 Å². The molecule has 0 unspecified atom stereocenters. The maximum absolute atomic E-state index is 4.55. The third-order valence-corrected chi connectivity index (χ3v) is 0.980. The Labute approximate surface area is 87.4 Å². The first-order valence-corrected chi connectivity index (χ1v) is 3.46. The van der Waals surface area contributed by atoms with Crippen LogP contribution in [0.1, 0.15) is 0 Å². The van der Waals surface area contributed by atoms with Crippen molar-refractivity contribution in [2.75, 3.05) is 0 Å². The number of rotatable bonds is 0. The zero-order valence-electron chi connectivity index (χ0n) is 6.74. The predicted molar refractivity (Wildman–Crippen MR) is 45.0 cm³/mol. The van der Waals surface area contributed by atoms with E-state index in [1.807, 2.05) is 12.2 Å². The summed E-state index contributed by atoms with van der Waals surface area (Å²) in [6.07, 6.45) is 13.9. The Morgan fingerprint density at radius 1 is 0.692 bits per heavy atom. The Balaban J connectivity index is 0.000000206. The number of hydrogen-bond donors (Lipinski definition) is 2. The molecule has 75 valence electrons. The SMILES string of the molecule is C1=CNOC=C1.C1=CNOC=C1.[Cu]. The molecular formula is C8H10CuN2O2. The third-order valence-electron chi connectivity index (χ3n) is 0.980. The second-order valence-corrected chi connectivity index (χ2v) is 1.85. The summed E-state index contributed by atoms with van der Waals surface area (Å²) < 4.78 is 0. The Kier molecular flexibility index (Phi) is 7.88. The maximum atomic E-state index is 4.55. The molecule has 0 bridgehead atoms. The van der Waals surface area contributed by atoms with Gasteiger partial charge in [0.2, 0.25) is 0 Å². The van der Waals surface area contributed by atoms with Crippen LogP contribution in [0.3, 0.4) is 0 Å². The van der Waals surface area contributed by atoms with Crippen LogP contribution in [0.4, 0.5) is 0 Å². The first-order chi connectivity index (χ1) is 6.00. The topological polar surface area (TPSA) is 42.5 Å². The molecule has 2 N–H and O–H groups in total. The molecule has 0 spiro atoms. The second kappa shape index (κ2) is 8.77. The molecule has 0 aromatic rings. The van der Waals surface area contributed by atoms with Gasteiger partial charge in [0.1, 0.15) is 12.5 Å². The van der Waals surface area contributed by atoms with Crippen LogP contribution in [0.5, 0.6) is 0 Å². The van der Waals surface area contributed by atoms with E-state index >= 15 is 0 Å². The van der Waals surface area contributed by atoms with Crippen LogP contribution in [-0.4, -0.2) is 0 Å². The van der Waals surface area contributed by atoms with E-state index in [1.165, 1.54) is 0 Å². The van der Waals surface area contributed by atoms with E-state index in [0.29, 0.717) is 0 Å². The molecule has 2 rings (SSSR count). The number of hydrogen-bond acceptors (Lipinski definition) is 4. The van der Waals surface area contributed by atoms with Crippen molar-refractivity contribution < 1.29 is 26.7 Å². The summed E-state index contributed by atoms with van der Waals surface area (Å²) in [7, 11) is 0. The molecule has 0 saturated heterocycles. The minimum atomic E-state index is 0. The number of nitrogens with one attached hydrogen (secondary N) is 2. The van der Waals surface area contributed by atoms with Gasteiger partial charge in [0.05, 0.1) is 0 Å². The van der Waals surface area contributed by atoms with Crippen molar-refractivity contribution in [2.24, 2.45) is 0 Å². The van der Waals surface area contributed by atoms with Crippen molar-refractivity contribution in [3.8, 4) is 0 Å². The molecule has 0 atom stereocenters. The average Bonchev–Trinajstić information content (AvgIpc) is 2.24. The normalized spacial score (nSPS) is 14.8. The Morgan fingerprint density at radius 2 is 1.15 bits per heavy atom. The van der Waals surface area contributed by atoms with Gasteiger partial charge >= 0.3 is 0 Å². The van der Waals surface area contributed by atoms with Crippen molar-refractivity contribution >= 4 is 0 Å². The van der Waals surface area contributed by atoms with Crippen LogP contribution in [0.2, 0.25) is 0 Å². The van der Waals surface area contributed by atoms with E-state index in [1.54, 1.807) is 37.1 Å². The smallest absolute Gasteiger partial charge is 0.119 e. The fraction of sp³-hybridized carbons (Fsp3) is 0. The van der Waals surface area contributed by atoms with Gasteiger partial charge in [-0.15, -0.1) is 0 Å². The molecule has 2 aliphatic rings.